The summed E-state index contributed by atoms with van der Waals surface area (Å²) in [6, 6.07) is 0. The van der Waals surface area contributed by atoms with Crippen LogP contribution in [0.1, 0.15) is 11.4 Å². The van der Waals surface area contributed by atoms with Crippen molar-refractivity contribution >= 4 is 11.8 Å². The molecule has 1 aromatic rings. The molecule has 0 fully saturated rings. The number of hydrogen-bond donors (Lipinski definition) is 1. The van der Waals surface area contributed by atoms with Crippen molar-refractivity contribution < 1.29 is 0 Å². The minimum Gasteiger partial charge on any atom is -0.299 e. The summed E-state index contributed by atoms with van der Waals surface area (Å²) in [7, 11) is 0. The largest absolute Gasteiger partial charge is 0.299 e. The molecule has 2 heterocycles. The van der Waals surface area contributed by atoms with Gasteiger partial charge in [0.1, 0.15) is 0 Å². The second kappa shape index (κ2) is 2.30. The van der Waals surface area contributed by atoms with Crippen molar-refractivity contribution in [3.63, 3.8) is 0 Å². The zero-order valence-corrected chi connectivity index (χ0v) is 7.27. The third kappa shape index (κ3) is 0.939. The number of imidazole rings is 1. The van der Waals surface area contributed by atoms with Crippen LogP contribution in [0.5, 0.6) is 0 Å². The number of rotatable bonds is 0. The topological polar surface area (TPSA) is 29.9 Å². The third-order valence-corrected chi connectivity index (χ3v) is 2.52. The van der Waals surface area contributed by atoms with Gasteiger partial charge in [0.2, 0.25) is 0 Å². The van der Waals surface area contributed by atoms with Gasteiger partial charge in [-0.2, -0.15) is 0 Å². The summed E-state index contributed by atoms with van der Waals surface area (Å²) < 4.78 is 1.99. The Bertz CT molecular complexity index is 314. The molecule has 0 amide bonds. The molecule has 0 aromatic carbocycles. The maximum atomic E-state index is 4.36. The van der Waals surface area contributed by atoms with Gasteiger partial charge in [-0.25, -0.2) is 9.66 Å². The molecule has 1 aliphatic rings. The number of aromatic nitrogens is 2. The molecule has 0 unspecified atom stereocenters. The van der Waals surface area contributed by atoms with Crippen molar-refractivity contribution in [2.75, 3.05) is 5.43 Å². The van der Waals surface area contributed by atoms with Crippen molar-refractivity contribution in [1.82, 2.24) is 9.66 Å². The quantitative estimate of drug-likeness (QED) is 0.636. The first-order valence-corrected chi connectivity index (χ1v) is 4.31. The maximum Gasteiger partial charge on any atom is 0.191 e. The van der Waals surface area contributed by atoms with Crippen molar-refractivity contribution in [3.05, 3.63) is 23.0 Å². The van der Waals surface area contributed by atoms with Gasteiger partial charge < -0.3 is 0 Å². The fourth-order valence-corrected chi connectivity index (χ4v) is 1.75. The van der Waals surface area contributed by atoms with Gasteiger partial charge in [-0.15, -0.1) is 0 Å². The average molecular weight is 167 g/mol. The lowest BCUT2D eigenvalue weighted by molar-refractivity contribution is 0.793. The molecule has 1 aliphatic heterocycles. The van der Waals surface area contributed by atoms with E-state index in [1.165, 1.54) is 5.69 Å². The molecule has 0 saturated heterocycles. The molecule has 3 nitrogen and oxygen atoms in total. The predicted molar refractivity (Wildman–Crippen MR) is 46.1 cm³/mol. The van der Waals surface area contributed by atoms with Gasteiger partial charge in [-0.05, 0) is 19.3 Å². The number of fused-ring (bicyclic) bond motifs is 1. The van der Waals surface area contributed by atoms with Crippen molar-refractivity contribution in [3.8, 4) is 0 Å². The minimum absolute atomic E-state index is 1.02. The van der Waals surface area contributed by atoms with Gasteiger partial charge in [0.05, 0.1) is 11.4 Å². The molecule has 11 heavy (non-hydrogen) atoms. The van der Waals surface area contributed by atoms with E-state index < -0.39 is 0 Å². The highest BCUT2D eigenvalue weighted by atomic mass is 32.2. The molecule has 0 atom stereocenters. The van der Waals surface area contributed by atoms with Gasteiger partial charge in [0, 0.05) is 6.20 Å². The molecule has 0 aliphatic carbocycles. The summed E-state index contributed by atoms with van der Waals surface area (Å²) in [6.07, 6.45) is 1.91. The third-order valence-electron chi connectivity index (χ3n) is 1.76. The van der Waals surface area contributed by atoms with Gasteiger partial charge in [0.25, 0.3) is 0 Å². The first kappa shape index (κ1) is 6.79. The van der Waals surface area contributed by atoms with Crippen molar-refractivity contribution in [2.24, 2.45) is 0 Å². The summed E-state index contributed by atoms with van der Waals surface area (Å²) in [4.78, 5) is 4.36. The Morgan fingerprint density at radius 1 is 1.55 bits per heavy atom. The summed E-state index contributed by atoms with van der Waals surface area (Å²) in [5.41, 5.74) is 5.37. The van der Waals surface area contributed by atoms with Crippen LogP contribution < -0.4 is 5.43 Å². The molecule has 4 heteroatoms. The summed E-state index contributed by atoms with van der Waals surface area (Å²) >= 11 is 1.63. The number of nitrogens with zero attached hydrogens (tertiary/aromatic N) is 2. The lowest BCUT2D eigenvalue weighted by Crippen LogP contribution is -2.12. The van der Waals surface area contributed by atoms with Gasteiger partial charge in [-0.1, -0.05) is 11.8 Å². The highest BCUT2D eigenvalue weighted by Gasteiger charge is 2.11. The van der Waals surface area contributed by atoms with E-state index in [9.17, 15) is 0 Å². The highest BCUT2D eigenvalue weighted by Crippen LogP contribution is 2.22. The number of nitrogens with one attached hydrogen (secondary N) is 1. The molecular formula is C7H9N3S. The smallest absolute Gasteiger partial charge is 0.191 e. The number of hydrogen-bond acceptors (Lipinski definition) is 3. The van der Waals surface area contributed by atoms with Crippen molar-refractivity contribution in [2.45, 2.75) is 19.0 Å². The first-order chi connectivity index (χ1) is 5.29. The van der Waals surface area contributed by atoms with Crippen LogP contribution in [0, 0.1) is 13.8 Å². The van der Waals surface area contributed by atoms with E-state index in [0.717, 1.165) is 10.9 Å². The number of thioether (sulfide) groups is 1. The average Bonchev–Trinajstić information content (AvgIpc) is 2.30. The Kier molecular flexibility index (Phi) is 1.42. The van der Waals surface area contributed by atoms with Crippen LogP contribution in [0.15, 0.2) is 16.8 Å². The zero-order chi connectivity index (χ0) is 7.84. The SMILES string of the molecule is Cc1nc2n(c1C)NC=CS2. The molecular weight excluding hydrogens is 158 g/mol. The Labute approximate surface area is 69.5 Å². The standard InChI is InChI=1S/C7H9N3S/c1-5-6(2)10-7(9-5)11-4-3-8-10/h3-4,8H,1-2H3. The van der Waals surface area contributed by atoms with E-state index >= 15 is 0 Å². The molecule has 2 rings (SSSR count). The molecule has 58 valence electrons. The zero-order valence-electron chi connectivity index (χ0n) is 6.46. The maximum absolute atomic E-state index is 4.36. The van der Waals surface area contributed by atoms with Crippen LogP contribution in [-0.2, 0) is 0 Å². The molecule has 0 radical (unpaired) electrons. The van der Waals surface area contributed by atoms with E-state index in [1.807, 2.05) is 23.2 Å². The van der Waals surface area contributed by atoms with E-state index in [0.29, 0.717) is 0 Å². The minimum atomic E-state index is 1.02. The Balaban J connectivity index is 2.55. The second-order valence-electron chi connectivity index (χ2n) is 2.45. The highest BCUT2D eigenvalue weighted by molar-refractivity contribution is 8.02. The lowest BCUT2D eigenvalue weighted by atomic mass is 10.4. The van der Waals surface area contributed by atoms with Gasteiger partial charge >= 0.3 is 0 Å². The van der Waals surface area contributed by atoms with Crippen LogP contribution in [0.4, 0.5) is 0 Å². The Hall–Kier alpha value is -0.900. The molecule has 1 aromatic heterocycles. The van der Waals surface area contributed by atoms with Crippen LogP contribution in [0.25, 0.3) is 0 Å². The normalized spacial score (nSPS) is 14.4. The van der Waals surface area contributed by atoms with E-state index in [1.54, 1.807) is 11.8 Å². The number of aryl methyl sites for hydroxylation is 1. The molecule has 1 N–H and O–H groups in total. The second-order valence-corrected chi connectivity index (χ2v) is 3.32. The van der Waals surface area contributed by atoms with Gasteiger partial charge in [0.15, 0.2) is 5.16 Å². The van der Waals surface area contributed by atoms with Crippen LogP contribution in [0.3, 0.4) is 0 Å². The Morgan fingerprint density at radius 2 is 2.36 bits per heavy atom. The molecule has 0 bridgehead atoms. The Morgan fingerprint density at radius 3 is 3.09 bits per heavy atom. The fourth-order valence-electron chi connectivity index (χ4n) is 1.01. The van der Waals surface area contributed by atoms with Gasteiger partial charge in [-0.3, -0.25) is 5.43 Å². The van der Waals surface area contributed by atoms with E-state index in [4.69, 9.17) is 0 Å². The van der Waals surface area contributed by atoms with Crippen molar-refractivity contribution in [1.29, 1.82) is 0 Å². The molecule has 0 saturated carbocycles. The van der Waals surface area contributed by atoms with E-state index in [2.05, 4.69) is 17.3 Å². The predicted octanol–water partition coefficient (Wildman–Crippen LogP) is 1.62. The summed E-state index contributed by atoms with van der Waals surface area (Å²) in [5.74, 6) is 0. The first-order valence-electron chi connectivity index (χ1n) is 3.43. The monoisotopic (exact) mass is 167 g/mol. The molecule has 0 spiro atoms. The lowest BCUT2D eigenvalue weighted by Gasteiger charge is -2.10. The summed E-state index contributed by atoms with van der Waals surface area (Å²) in [5, 5.41) is 3.00. The fraction of sp³-hybridized carbons (Fsp3) is 0.286. The van der Waals surface area contributed by atoms with Crippen LogP contribution in [0.2, 0.25) is 0 Å². The van der Waals surface area contributed by atoms with Crippen LogP contribution >= 0.6 is 11.8 Å². The van der Waals surface area contributed by atoms with E-state index in [-0.39, 0.29) is 0 Å². The van der Waals surface area contributed by atoms with Crippen LogP contribution in [-0.4, -0.2) is 9.66 Å². The summed E-state index contributed by atoms with van der Waals surface area (Å²) in [6.45, 7) is 4.07.